The average Bonchev–Trinajstić information content (AvgIpc) is 3.01. The van der Waals surface area contributed by atoms with E-state index >= 15 is 0 Å². The molecular formula is C18H24FN5O. The van der Waals surface area contributed by atoms with Gasteiger partial charge in [-0.05, 0) is 30.5 Å². The lowest BCUT2D eigenvalue weighted by atomic mass is 9.97. The fourth-order valence-electron chi connectivity index (χ4n) is 3.12. The van der Waals surface area contributed by atoms with Crippen LogP contribution in [0.4, 0.5) is 4.39 Å². The van der Waals surface area contributed by atoms with Gasteiger partial charge in [0, 0.05) is 32.6 Å². The monoisotopic (exact) mass is 345 g/mol. The number of H-pyrrole nitrogens is 1. The molecule has 0 saturated carbocycles. The van der Waals surface area contributed by atoms with Crippen LogP contribution in [0.15, 0.2) is 24.3 Å². The van der Waals surface area contributed by atoms with E-state index in [2.05, 4.69) is 20.1 Å². The Bertz CT molecular complexity index is 707. The van der Waals surface area contributed by atoms with E-state index in [-0.39, 0.29) is 17.6 Å². The van der Waals surface area contributed by atoms with Gasteiger partial charge in [0.1, 0.15) is 11.6 Å². The van der Waals surface area contributed by atoms with Crippen molar-refractivity contribution in [2.24, 2.45) is 0 Å². The van der Waals surface area contributed by atoms with Gasteiger partial charge >= 0.3 is 0 Å². The zero-order chi connectivity index (χ0) is 17.8. The van der Waals surface area contributed by atoms with Crippen molar-refractivity contribution in [1.82, 2.24) is 25.0 Å². The van der Waals surface area contributed by atoms with Crippen LogP contribution in [0, 0.1) is 12.7 Å². The van der Waals surface area contributed by atoms with Gasteiger partial charge in [-0.3, -0.25) is 14.8 Å². The quantitative estimate of drug-likeness (QED) is 0.901. The molecule has 0 spiro atoms. The largest absolute Gasteiger partial charge is 0.340 e. The maximum Gasteiger partial charge on any atom is 0.223 e. The Balaban J connectivity index is 1.47. The first kappa shape index (κ1) is 17.5. The zero-order valence-corrected chi connectivity index (χ0v) is 14.7. The van der Waals surface area contributed by atoms with Crippen molar-refractivity contribution >= 4 is 5.91 Å². The Morgan fingerprint density at radius 1 is 1.24 bits per heavy atom. The van der Waals surface area contributed by atoms with Gasteiger partial charge in [-0.15, -0.1) is 0 Å². The van der Waals surface area contributed by atoms with Crippen molar-refractivity contribution in [1.29, 1.82) is 0 Å². The molecule has 2 aromatic rings. The van der Waals surface area contributed by atoms with Gasteiger partial charge in [-0.25, -0.2) is 9.37 Å². The predicted molar refractivity (Wildman–Crippen MR) is 92.4 cm³/mol. The molecule has 0 radical (unpaired) electrons. The van der Waals surface area contributed by atoms with Gasteiger partial charge in [0.25, 0.3) is 0 Å². The second-order valence-electron chi connectivity index (χ2n) is 6.65. The van der Waals surface area contributed by atoms with Crippen molar-refractivity contribution in [2.45, 2.75) is 32.7 Å². The fraction of sp³-hybridized carbons (Fsp3) is 0.500. The fourth-order valence-corrected chi connectivity index (χ4v) is 3.12. The third-order valence-corrected chi connectivity index (χ3v) is 4.65. The van der Waals surface area contributed by atoms with Crippen molar-refractivity contribution < 1.29 is 9.18 Å². The van der Waals surface area contributed by atoms with Crippen LogP contribution in [0.2, 0.25) is 0 Å². The van der Waals surface area contributed by atoms with Crippen LogP contribution in [-0.2, 0) is 11.3 Å². The third kappa shape index (κ3) is 4.63. The number of hydrogen-bond donors (Lipinski definition) is 1. The molecule has 1 N–H and O–H groups in total. The van der Waals surface area contributed by atoms with Crippen molar-refractivity contribution in [3.05, 3.63) is 47.3 Å². The van der Waals surface area contributed by atoms with Gasteiger partial charge in [-0.2, -0.15) is 5.10 Å². The summed E-state index contributed by atoms with van der Waals surface area (Å²) < 4.78 is 13.0. The number of amides is 1. The molecule has 1 saturated heterocycles. The number of aromatic amines is 1. The topological polar surface area (TPSA) is 65.1 Å². The summed E-state index contributed by atoms with van der Waals surface area (Å²) in [5.41, 5.74) is 0.994. The number of benzene rings is 1. The van der Waals surface area contributed by atoms with Crippen LogP contribution in [-0.4, -0.2) is 57.1 Å². The lowest BCUT2D eigenvalue weighted by Gasteiger charge is -2.34. The first-order chi connectivity index (χ1) is 12.0. The summed E-state index contributed by atoms with van der Waals surface area (Å²) in [6.45, 7) is 7.69. The van der Waals surface area contributed by atoms with Crippen molar-refractivity contribution in [3.8, 4) is 0 Å². The second-order valence-corrected chi connectivity index (χ2v) is 6.65. The summed E-state index contributed by atoms with van der Waals surface area (Å²) in [6.07, 6.45) is 0.450. The Kier molecular flexibility index (Phi) is 5.43. The smallest absolute Gasteiger partial charge is 0.223 e. The first-order valence-corrected chi connectivity index (χ1v) is 8.65. The number of halogens is 1. The average molecular weight is 345 g/mol. The molecule has 1 aromatic heterocycles. The molecule has 7 heteroatoms. The van der Waals surface area contributed by atoms with Crippen molar-refractivity contribution in [3.63, 3.8) is 0 Å². The molecule has 1 aliphatic rings. The number of piperazine rings is 1. The van der Waals surface area contributed by atoms with E-state index in [1.807, 2.05) is 18.7 Å². The Hall–Kier alpha value is -2.28. The molecule has 0 unspecified atom stereocenters. The molecule has 1 aromatic carbocycles. The molecule has 1 amide bonds. The zero-order valence-electron chi connectivity index (χ0n) is 14.7. The van der Waals surface area contributed by atoms with Gasteiger partial charge in [0.15, 0.2) is 5.82 Å². The highest BCUT2D eigenvalue weighted by atomic mass is 19.1. The highest BCUT2D eigenvalue weighted by Crippen LogP contribution is 2.21. The lowest BCUT2D eigenvalue weighted by molar-refractivity contribution is -0.133. The standard InChI is InChI=1S/C18H24FN5O/c1-13(15-3-5-16(19)6-4-15)11-18(25)24-9-7-23(8-10-24)12-17-20-14(2)21-22-17/h3-6,13H,7-12H2,1-2H3,(H,20,21,22)/t13-/m0/s1. The molecular weight excluding hydrogens is 321 g/mol. The maximum absolute atomic E-state index is 13.0. The van der Waals surface area contributed by atoms with Crippen molar-refractivity contribution in [2.75, 3.05) is 26.2 Å². The summed E-state index contributed by atoms with van der Waals surface area (Å²) in [5.74, 6) is 1.60. The second kappa shape index (κ2) is 7.74. The van der Waals surface area contributed by atoms with E-state index in [1.165, 1.54) is 12.1 Å². The number of rotatable bonds is 5. The number of nitrogens with zero attached hydrogens (tertiary/aromatic N) is 4. The molecule has 6 nitrogen and oxygen atoms in total. The number of aryl methyl sites for hydroxylation is 1. The molecule has 0 aliphatic carbocycles. The van der Waals surface area contributed by atoms with Gasteiger partial charge in [0.05, 0.1) is 6.54 Å². The summed E-state index contributed by atoms with van der Waals surface area (Å²) in [4.78, 5) is 21.0. The summed E-state index contributed by atoms with van der Waals surface area (Å²) >= 11 is 0. The molecule has 134 valence electrons. The molecule has 1 fully saturated rings. The summed E-state index contributed by atoms with van der Waals surface area (Å²) in [7, 11) is 0. The number of hydrogen-bond acceptors (Lipinski definition) is 4. The van der Waals surface area contributed by atoms with Crippen LogP contribution in [0.3, 0.4) is 0 Å². The molecule has 1 aliphatic heterocycles. The molecule has 25 heavy (non-hydrogen) atoms. The van der Waals surface area contributed by atoms with E-state index in [0.29, 0.717) is 13.0 Å². The van der Waals surface area contributed by atoms with E-state index in [0.717, 1.165) is 43.4 Å². The van der Waals surface area contributed by atoms with Gasteiger partial charge in [0.2, 0.25) is 5.91 Å². The van der Waals surface area contributed by atoms with E-state index in [9.17, 15) is 9.18 Å². The van der Waals surface area contributed by atoms with Crippen LogP contribution in [0.25, 0.3) is 0 Å². The van der Waals surface area contributed by atoms with E-state index in [1.54, 1.807) is 12.1 Å². The third-order valence-electron chi connectivity index (χ3n) is 4.65. The SMILES string of the molecule is Cc1nc(CN2CCN(C(=O)C[C@H](C)c3ccc(F)cc3)CC2)n[nH]1. The van der Waals surface area contributed by atoms with E-state index in [4.69, 9.17) is 0 Å². The molecule has 1 atom stereocenters. The highest BCUT2D eigenvalue weighted by molar-refractivity contribution is 5.77. The Morgan fingerprint density at radius 3 is 2.52 bits per heavy atom. The number of carbonyl (C=O) groups is 1. The minimum atomic E-state index is -0.250. The Labute approximate surface area is 147 Å². The predicted octanol–water partition coefficient (Wildman–Crippen LogP) is 2.09. The van der Waals surface area contributed by atoms with Crippen LogP contribution in [0.1, 0.15) is 36.5 Å². The van der Waals surface area contributed by atoms with Gasteiger partial charge < -0.3 is 4.90 Å². The van der Waals surface area contributed by atoms with Crippen LogP contribution in [0.5, 0.6) is 0 Å². The minimum Gasteiger partial charge on any atom is -0.340 e. The normalized spacial score (nSPS) is 16.8. The molecule has 0 bridgehead atoms. The highest BCUT2D eigenvalue weighted by Gasteiger charge is 2.23. The molecule has 3 rings (SSSR count). The number of nitrogens with one attached hydrogen (secondary N) is 1. The maximum atomic E-state index is 13.0. The van der Waals surface area contributed by atoms with E-state index < -0.39 is 0 Å². The summed E-state index contributed by atoms with van der Waals surface area (Å²) in [5, 5.41) is 7.01. The molecule has 2 heterocycles. The Morgan fingerprint density at radius 2 is 1.92 bits per heavy atom. The minimum absolute atomic E-state index is 0.0855. The first-order valence-electron chi connectivity index (χ1n) is 8.65. The van der Waals surface area contributed by atoms with Crippen LogP contribution >= 0.6 is 0 Å². The number of aromatic nitrogens is 3. The number of carbonyl (C=O) groups excluding carboxylic acids is 1. The van der Waals surface area contributed by atoms with Crippen LogP contribution < -0.4 is 0 Å². The van der Waals surface area contributed by atoms with Gasteiger partial charge in [-0.1, -0.05) is 19.1 Å². The summed E-state index contributed by atoms with van der Waals surface area (Å²) in [6, 6.07) is 6.40. The lowest BCUT2D eigenvalue weighted by Crippen LogP contribution is -2.48.